The molecule has 0 unspecified atom stereocenters. The van der Waals surface area contributed by atoms with Crippen molar-refractivity contribution in [3.8, 4) is 0 Å². The Balaban J connectivity index is 0.00000312. The first kappa shape index (κ1) is 22.6. The third kappa shape index (κ3) is 6.98. The highest BCUT2D eigenvalue weighted by atomic mass is 127. The van der Waals surface area contributed by atoms with Crippen LogP contribution in [0.1, 0.15) is 30.9 Å². The van der Waals surface area contributed by atoms with Crippen LogP contribution in [0.3, 0.4) is 0 Å². The number of rotatable bonds is 6. The second kappa shape index (κ2) is 11.3. The van der Waals surface area contributed by atoms with Gasteiger partial charge in [-0.2, -0.15) is 11.8 Å². The van der Waals surface area contributed by atoms with Gasteiger partial charge in [0.15, 0.2) is 5.96 Å². The summed E-state index contributed by atoms with van der Waals surface area (Å²) in [5, 5.41) is 3.60. The largest absolute Gasteiger partial charge is 0.381 e. The number of nitrogens with zero attached hydrogens (tertiary/aromatic N) is 2. The Morgan fingerprint density at radius 2 is 1.92 bits per heavy atom. The quantitative estimate of drug-likeness (QED) is 0.383. The van der Waals surface area contributed by atoms with E-state index in [0.717, 1.165) is 50.9 Å². The number of aliphatic imine (C=N–C) groups is 1. The smallest absolute Gasteiger partial charge is 0.193 e. The molecule has 0 radical (unpaired) electrons. The van der Waals surface area contributed by atoms with Gasteiger partial charge in [0.25, 0.3) is 0 Å². The number of aryl methyl sites for hydroxylation is 1. The molecule has 4 nitrogen and oxygen atoms in total. The van der Waals surface area contributed by atoms with Gasteiger partial charge in [0.1, 0.15) is 0 Å². The molecule has 0 aromatic heterocycles. The highest BCUT2D eigenvalue weighted by Crippen LogP contribution is 2.34. The number of hydrogen-bond acceptors (Lipinski definition) is 3. The Kier molecular flexibility index (Phi) is 10.2. The van der Waals surface area contributed by atoms with Gasteiger partial charge in [-0.05, 0) is 31.1 Å². The molecular weight excluding hydrogens is 445 g/mol. The molecule has 1 N–H and O–H groups in total. The summed E-state index contributed by atoms with van der Waals surface area (Å²) < 4.78 is 5.83. The number of thioether (sulfide) groups is 1. The van der Waals surface area contributed by atoms with Gasteiger partial charge in [0.2, 0.25) is 0 Å². The molecule has 1 aromatic carbocycles. The summed E-state index contributed by atoms with van der Waals surface area (Å²) in [6.45, 7) is 7.89. The van der Waals surface area contributed by atoms with Gasteiger partial charge in [-0.25, -0.2) is 0 Å². The molecule has 142 valence electrons. The van der Waals surface area contributed by atoms with Crippen molar-refractivity contribution in [3.63, 3.8) is 0 Å². The fourth-order valence-corrected chi connectivity index (χ4v) is 4.33. The average Bonchev–Trinajstić information content (AvgIpc) is 2.58. The first-order valence-electron chi connectivity index (χ1n) is 8.77. The zero-order valence-electron chi connectivity index (χ0n) is 15.9. The second-order valence-corrected chi connectivity index (χ2v) is 8.20. The van der Waals surface area contributed by atoms with E-state index in [9.17, 15) is 0 Å². The number of guanidine groups is 1. The van der Waals surface area contributed by atoms with Crippen molar-refractivity contribution in [1.82, 2.24) is 10.2 Å². The lowest BCUT2D eigenvalue weighted by molar-refractivity contribution is 0.0780. The number of halogens is 1. The number of nitrogens with one attached hydrogen (secondary N) is 1. The summed E-state index contributed by atoms with van der Waals surface area (Å²) in [6, 6.07) is 8.70. The fraction of sp³-hybridized carbons (Fsp3) is 0.632. The van der Waals surface area contributed by atoms with Crippen LogP contribution in [0.5, 0.6) is 0 Å². The van der Waals surface area contributed by atoms with Gasteiger partial charge in [0.05, 0.1) is 0 Å². The van der Waals surface area contributed by atoms with Crippen molar-refractivity contribution in [2.75, 3.05) is 39.6 Å². The van der Waals surface area contributed by atoms with E-state index in [1.807, 2.05) is 7.05 Å². The third-order valence-corrected chi connectivity index (χ3v) is 5.99. The van der Waals surface area contributed by atoms with E-state index < -0.39 is 0 Å². The van der Waals surface area contributed by atoms with Crippen LogP contribution in [-0.4, -0.2) is 55.2 Å². The molecular formula is C19H32IN3OS. The highest BCUT2D eigenvalue weighted by molar-refractivity contribution is 14.0. The van der Waals surface area contributed by atoms with E-state index in [0.29, 0.717) is 0 Å². The number of benzene rings is 1. The topological polar surface area (TPSA) is 36.9 Å². The van der Waals surface area contributed by atoms with Gasteiger partial charge >= 0.3 is 0 Å². The van der Waals surface area contributed by atoms with Crippen LogP contribution in [0, 0.1) is 6.92 Å². The molecule has 0 amide bonds. The maximum Gasteiger partial charge on any atom is 0.193 e. The number of ether oxygens (including phenoxy) is 1. The Morgan fingerprint density at radius 1 is 1.28 bits per heavy atom. The molecule has 0 bridgehead atoms. The molecule has 0 aliphatic carbocycles. The van der Waals surface area contributed by atoms with Crippen molar-refractivity contribution in [2.45, 2.75) is 38.0 Å². The van der Waals surface area contributed by atoms with Gasteiger partial charge in [-0.15, -0.1) is 24.0 Å². The maximum absolute atomic E-state index is 5.56. The van der Waals surface area contributed by atoms with Crippen molar-refractivity contribution in [2.24, 2.45) is 4.99 Å². The predicted molar refractivity (Wildman–Crippen MR) is 120 cm³/mol. The Bertz CT molecular complexity index is 524. The lowest BCUT2D eigenvalue weighted by atomic mass is 9.99. The van der Waals surface area contributed by atoms with Gasteiger partial charge in [0, 0.05) is 45.1 Å². The lowest BCUT2D eigenvalue weighted by Crippen LogP contribution is -2.48. The van der Waals surface area contributed by atoms with E-state index >= 15 is 0 Å². The number of hydrogen-bond donors (Lipinski definition) is 1. The van der Waals surface area contributed by atoms with Crippen molar-refractivity contribution in [3.05, 3.63) is 35.4 Å². The lowest BCUT2D eigenvalue weighted by Gasteiger charge is -2.37. The minimum absolute atomic E-state index is 0. The Morgan fingerprint density at radius 3 is 2.48 bits per heavy atom. The average molecular weight is 477 g/mol. The van der Waals surface area contributed by atoms with E-state index in [2.05, 4.69) is 72.1 Å². The summed E-state index contributed by atoms with van der Waals surface area (Å²) in [5.74, 6) is 2.09. The van der Waals surface area contributed by atoms with Crippen LogP contribution >= 0.6 is 35.7 Å². The van der Waals surface area contributed by atoms with Gasteiger partial charge in [-0.1, -0.05) is 36.8 Å². The summed E-state index contributed by atoms with van der Waals surface area (Å²) in [7, 11) is 3.95. The van der Waals surface area contributed by atoms with E-state index in [-0.39, 0.29) is 28.7 Å². The Hall–Kier alpha value is -0.470. The maximum atomic E-state index is 5.56. The Labute approximate surface area is 174 Å². The van der Waals surface area contributed by atoms with Crippen LogP contribution in [0.25, 0.3) is 0 Å². The third-order valence-electron chi connectivity index (χ3n) is 4.54. The van der Waals surface area contributed by atoms with Crippen molar-refractivity contribution in [1.29, 1.82) is 0 Å². The van der Waals surface area contributed by atoms with Gasteiger partial charge < -0.3 is 15.0 Å². The standard InChI is InChI=1S/C19H31N3OS.HI/c1-5-24-19(10-12-23-13-11-19)15-21-18(20-3)22(4)14-17-8-6-16(2)7-9-17;/h6-9H,5,10-15H2,1-4H3,(H,20,21);1H. The van der Waals surface area contributed by atoms with Crippen molar-refractivity contribution < 1.29 is 4.74 Å². The molecule has 1 saturated heterocycles. The second-order valence-electron chi connectivity index (χ2n) is 6.47. The van der Waals surface area contributed by atoms with E-state index in [1.165, 1.54) is 11.1 Å². The zero-order valence-corrected chi connectivity index (χ0v) is 19.0. The van der Waals surface area contributed by atoms with Crippen LogP contribution in [-0.2, 0) is 11.3 Å². The summed E-state index contributed by atoms with van der Waals surface area (Å²) in [6.07, 6.45) is 2.22. The van der Waals surface area contributed by atoms with E-state index in [4.69, 9.17) is 4.74 Å². The highest BCUT2D eigenvalue weighted by Gasteiger charge is 2.32. The molecule has 25 heavy (non-hydrogen) atoms. The molecule has 1 aromatic rings. The molecule has 0 atom stereocenters. The normalized spacial score (nSPS) is 16.9. The van der Waals surface area contributed by atoms with Crippen LogP contribution in [0.4, 0.5) is 0 Å². The molecule has 0 saturated carbocycles. The summed E-state index contributed by atoms with van der Waals surface area (Å²) in [4.78, 5) is 6.66. The van der Waals surface area contributed by atoms with Crippen LogP contribution in [0.2, 0.25) is 0 Å². The summed E-state index contributed by atoms with van der Waals surface area (Å²) >= 11 is 2.05. The molecule has 0 spiro atoms. The predicted octanol–water partition coefficient (Wildman–Crippen LogP) is 3.92. The minimum atomic E-state index is 0. The van der Waals surface area contributed by atoms with Crippen LogP contribution < -0.4 is 5.32 Å². The monoisotopic (exact) mass is 477 g/mol. The summed E-state index contributed by atoms with van der Waals surface area (Å²) in [5.41, 5.74) is 2.59. The van der Waals surface area contributed by atoms with Crippen molar-refractivity contribution >= 4 is 41.7 Å². The molecule has 2 rings (SSSR count). The SMILES string of the molecule is CCSC1(CNC(=NC)N(C)Cc2ccc(C)cc2)CCOCC1.I. The minimum Gasteiger partial charge on any atom is -0.381 e. The fourth-order valence-electron chi connectivity index (χ4n) is 3.09. The molecule has 1 fully saturated rings. The van der Waals surface area contributed by atoms with Gasteiger partial charge in [-0.3, -0.25) is 4.99 Å². The molecule has 1 aliphatic rings. The zero-order chi connectivity index (χ0) is 17.4. The van der Waals surface area contributed by atoms with E-state index in [1.54, 1.807) is 0 Å². The molecule has 1 aliphatic heterocycles. The first-order chi connectivity index (χ1) is 11.6. The molecule has 6 heteroatoms. The van der Waals surface area contributed by atoms with Crippen LogP contribution in [0.15, 0.2) is 29.3 Å². The molecule has 1 heterocycles. The first-order valence-corrected chi connectivity index (χ1v) is 9.76.